The number of hydrogen-bond acceptors (Lipinski definition) is 1. The Morgan fingerprint density at radius 2 is 2.22 bits per heavy atom. The zero-order valence-electron chi connectivity index (χ0n) is 6.11. The minimum absolute atomic E-state index is 0.194. The molecule has 0 heterocycles. The molecule has 0 aromatic carbocycles. The number of hydrogen-bond donors (Lipinski definition) is 0. The van der Waals surface area contributed by atoms with E-state index in [2.05, 4.69) is 6.58 Å². The monoisotopic (exact) mass is 141 g/mol. The first-order valence-corrected chi connectivity index (χ1v) is 3.68. The second-order valence-electron chi connectivity index (χ2n) is 2.80. The Balaban J connectivity index is 4.00. The van der Waals surface area contributed by atoms with Gasteiger partial charge in [0.05, 0.1) is 10.2 Å². The van der Waals surface area contributed by atoms with Gasteiger partial charge in [0, 0.05) is 5.41 Å². The lowest BCUT2D eigenvalue weighted by Gasteiger charge is -2.17. The molecule has 0 saturated carbocycles. The van der Waals surface area contributed by atoms with Crippen LogP contribution >= 0.6 is 0 Å². The molecule has 0 unspecified atom stereocenters. The summed E-state index contributed by atoms with van der Waals surface area (Å²) in [6.07, 6.45) is 2.56. The van der Waals surface area contributed by atoms with Crippen LogP contribution in [-0.2, 0) is 4.79 Å². The molecule has 0 fully saturated rings. The van der Waals surface area contributed by atoms with E-state index in [9.17, 15) is 4.79 Å². The standard InChI is InChI=1S/C7H13OSi/c1-4-5-7(2,3)6(8)9/h4H,1,5,9H2,2-3H3. The maximum Gasteiger partial charge on any atom is 0.107 e. The fourth-order valence-corrected chi connectivity index (χ4v) is 0.619. The third-order valence-electron chi connectivity index (χ3n) is 1.41. The molecular formula is C7H13OSi. The summed E-state index contributed by atoms with van der Waals surface area (Å²) in [5.41, 5.74) is -0.194. The molecule has 1 radical (unpaired) electrons. The Morgan fingerprint density at radius 1 is 1.78 bits per heavy atom. The molecule has 9 heavy (non-hydrogen) atoms. The predicted molar refractivity (Wildman–Crippen MR) is 42.1 cm³/mol. The van der Waals surface area contributed by atoms with Gasteiger partial charge < -0.3 is 4.79 Å². The highest BCUT2D eigenvalue weighted by Crippen LogP contribution is 2.19. The minimum atomic E-state index is -0.194. The number of allylic oxidation sites excluding steroid dienone is 1. The van der Waals surface area contributed by atoms with Crippen molar-refractivity contribution >= 4 is 15.6 Å². The lowest BCUT2D eigenvalue weighted by Crippen LogP contribution is -2.22. The van der Waals surface area contributed by atoms with Gasteiger partial charge in [-0.05, 0) is 6.42 Å². The first-order valence-electron chi connectivity index (χ1n) is 2.98. The third kappa shape index (κ3) is 2.61. The van der Waals surface area contributed by atoms with Gasteiger partial charge in [-0.3, -0.25) is 0 Å². The molecule has 0 amide bonds. The second-order valence-corrected chi connectivity index (χ2v) is 3.44. The van der Waals surface area contributed by atoms with Gasteiger partial charge in [-0.1, -0.05) is 19.9 Å². The average molecular weight is 141 g/mol. The van der Waals surface area contributed by atoms with E-state index >= 15 is 0 Å². The summed E-state index contributed by atoms with van der Waals surface area (Å²) in [5, 5.41) is 0.252. The fraction of sp³-hybridized carbons (Fsp3) is 0.571. The predicted octanol–water partition coefficient (Wildman–Crippen LogP) is 0.748. The summed E-state index contributed by atoms with van der Waals surface area (Å²) in [5.74, 6) is 0. The van der Waals surface area contributed by atoms with E-state index in [0.29, 0.717) is 0 Å². The maximum atomic E-state index is 10.8. The van der Waals surface area contributed by atoms with E-state index < -0.39 is 0 Å². The highest BCUT2D eigenvalue weighted by Gasteiger charge is 2.20. The molecule has 0 bridgehead atoms. The van der Waals surface area contributed by atoms with Gasteiger partial charge >= 0.3 is 0 Å². The van der Waals surface area contributed by atoms with Crippen LogP contribution in [0.3, 0.4) is 0 Å². The van der Waals surface area contributed by atoms with Crippen molar-refractivity contribution in [3.05, 3.63) is 12.7 Å². The highest BCUT2D eigenvalue weighted by atomic mass is 28.1. The molecule has 51 valence electrons. The smallest absolute Gasteiger partial charge is 0.107 e. The summed E-state index contributed by atoms with van der Waals surface area (Å²) in [4.78, 5) is 10.8. The van der Waals surface area contributed by atoms with Crippen LogP contribution in [0.2, 0.25) is 0 Å². The van der Waals surface area contributed by atoms with Crippen molar-refractivity contribution in [2.45, 2.75) is 20.3 Å². The summed E-state index contributed by atoms with van der Waals surface area (Å²) in [6, 6.07) is 0. The lowest BCUT2D eigenvalue weighted by atomic mass is 9.91. The molecule has 0 aliphatic carbocycles. The summed E-state index contributed by atoms with van der Waals surface area (Å²) < 4.78 is 0. The molecule has 0 aliphatic heterocycles. The quantitative estimate of drug-likeness (QED) is 0.419. The fourth-order valence-electron chi connectivity index (χ4n) is 0.475. The van der Waals surface area contributed by atoms with E-state index in [-0.39, 0.29) is 10.8 Å². The lowest BCUT2D eigenvalue weighted by molar-refractivity contribution is -0.118. The Morgan fingerprint density at radius 3 is 2.33 bits per heavy atom. The molecule has 2 heteroatoms. The largest absolute Gasteiger partial charge is 0.306 e. The van der Waals surface area contributed by atoms with Gasteiger partial charge in [-0.25, -0.2) is 0 Å². The number of carbonyl (C=O) groups excluding carboxylic acids is 1. The Bertz CT molecular complexity index is 127. The van der Waals surface area contributed by atoms with Crippen LogP contribution in [0, 0.1) is 5.41 Å². The van der Waals surface area contributed by atoms with Gasteiger partial charge in [-0.2, -0.15) is 0 Å². The first-order chi connectivity index (χ1) is 4.00. The van der Waals surface area contributed by atoms with Crippen molar-refractivity contribution in [2.24, 2.45) is 5.41 Å². The van der Waals surface area contributed by atoms with Crippen molar-refractivity contribution in [1.82, 2.24) is 0 Å². The molecule has 0 atom stereocenters. The van der Waals surface area contributed by atoms with Crippen molar-refractivity contribution in [2.75, 3.05) is 0 Å². The topological polar surface area (TPSA) is 17.1 Å². The Labute approximate surface area is 59.6 Å². The highest BCUT2D eigenvalue weighted by molar-refractivity contribution is 6.58. The number of rotatable bonds is 3. The van der Waals surface area contributed by atoms with Gasteiger partial charge in [-0.15, -0.1) is 6.58 Å². The van der Waals surface area contributed by atoms with Gasteiger partial charge in [0.1, 0.15) is 5.41 Å². The molecule has 1 nitrogen and oxygen atoms in total. The van der Waals surface area contributed by atoms with E-state index in [0.717, 1.165) is 6.42 Å². The third-order valence-corrected chi connectivity index (χ3v) is 2.37. The molecule has 0 aliphatic rings. The van der Waals surface area contributed by atoms with Crippen LogP contribution in [0.25, 0.3) is 0 Å². The van der Waals surface area contributed by atoms with Crippen LogP contribution in [-0.4, -0.2) is 15.6 Å². The number of carbonyl (C=O) groups is 1. The van der Waals surface area contributed by atoms with Crippen LogP contribution in [0.4, 0.5) is 0 Å². The van der Waals surface area contributed by atoms with Crippen LogP contribution in [0.1, 0.15) is 20.3 Å². The molecule has 0 rings (SSSR count). The van der Waals surface area contributed by atoms with Gasteiger partial charge in [0.25, 0.3) is 0 Å². The Hall–Kier alpha value is -0.373. The zero-order valence-corrected chi connectivity index (χ0v) is 7.52. The van der Waals surface area contributed by atoms with E-state index in [1.54, 1.807) is 6.08 Å². The summed E-state index contributed by atoms with van der Waals surface area (Å²) >= 11 is 0. The van der Waals surface area contributed by atoms with Gasteiger partial charge in [0.15, 0.2) is 0 Å². The van der Waals surface area contributed by atoms with E-state index in [1.165, 1.54) is 10.2 Å². The zero-order chi connectivity index (χ0) is 7.49. The van der Waals surface area contributed by atoms with Crippen molar-refractivity contribution in [3.63, 3.8) is 0 Å². The van der Waals surface area contributed by atoms with E-state index in [4.69, 9.17) is 0 Å². The van der Waals surface area contributed by atoms with Gasteiger partial charge in [0.2, 0.25) is 0 Å². The second kappa shape index (κ2) is 2.97. The molecule has 0 saturated heterocycles. The average Bonchev–Trinajstić information content (AvgIpc) is 1.65. The van der Waals surface area contributed by atoms with Crippen LogP contribution in [0.15, 0.2) is 12.7 Å². The van der Waals surface area contributed by atoms with Crippen molar-refractivity contribution in [1.29, 1.82) is 0 Å². The minimum Gasteiger partial charge on any atom is -0.306 e. The molecule has 0 aromatic rings. The molecule has 0 spiro atoms. The summed E-state index contributed by atoms with van der Waals surface area (Å²) in [6.45, 7) is 7.45. The normalized spacial score (nSPS) is 11.0. The van der Waals surface area contributed by atoms with E-state index in [1.807, 2.05) is 13.8 Å². The summed E-state index contributed by atoms with van der Waals surface area (Å²) in [7, 11) is 1.42. The van der Waals surface area contributed by atoms with Crippen molar-refractivity contribution < 1.29 is 4.79 Å². The van der Waals surface area contributed by atoms with Crippen molar-refractivity contribution in [3.8, 4) is 0 Å². The maximum absolute atomic E-state index is 10.8. The first kappa shape index (κ1) is 8.63. The molecular weight excluding hydrogens is 128 g/mol. The SMILES string of the molecule is C=CCC(C)(C)C(=O)[SiH2]. The molecule has 0 N–H and O–H groups in total. The molecule has 0 aromatic heterocycles. The van der Waals surface area contributed by atoms with Crippen LogP contribution in [0.5, 0.6) is 0 Å². The Kier molecular flexibility index (Phi) is 2.84. The van der Waals surface area contributed by atoms with Crippen LogP contribution < -0.4 is 0 Å².